The largest absolute Gasteiger partial charge is 0.384 e. The molecular weight excluding hydrogens is 280 g/mol. The lowest BCUT2D eigenvalue weighted by Crippen LogP contribution is -2.37. The van der Waals surface area contributed by atoms with Crippen LogP contribution in [0.5, 0.6) is 0 Å². The maximum Gasteiger partial charge on any atom is 0.167 e. The number of nitrogens with one attached hydrogen (secondary N) is 1. The van der Waals surface area contributed by atoms with Crippen molar-refractivity contribution in [2.24, 2.45) is 5.73 Å². The lowest BCUT2D eigenvalue weighted by atomic mass is 10.1. The SMILES string of the molecule is Cc1cc(C)n2nc(CCN3CCOCC3)nc2c1C(=N)N. The first kappa shape index (κ1) is 14.9. The normalized spacial score (nSPS) is 16.3. The molecule has 0 amide bonds. The van der Waals surface area contributed by atoms with Crippen LogP contribution in [0.3, 0.4) is 0 Å². The summed E-state index contributed by atoms with van der Waals surface area (Å²) in [4.78, 5) is 6.97. The molecule has 1 aliphatic heterocycles. The number of hydrogen-bond donors (Lipinski definition) is 2. The van der Waals surface area contributed by atoms with Gasteiger partial charge in [0.05, 0.1) is 18.8 Å². The predicted octanol–water partition coefficient (Wildman–Crippen LogP) is 0.505. The lowest BCUT2D eigenvalue weighted by Gasteiger charge is -2.25. The molecule has 2 aromatic rings. The highest BCUT2D eigenvalue weighted by Crippen LogP contribution is 2.17. The molecule has 0 bridgehead atoms. The number of aromatic nitrogens is 3. The molecule has 7 heteroatoms. The summed E-state index contributed by atoms with van der Waals surface area (Å²) in [6, 6.07) is 1.99. The van der Waals surface area contributed by atoms with E-state index in [0.29, 0.717) is 11.2 Å². The Kier molecular flexibility index (Phi) is 4.08. The van der Waals surface area contributed by atoms with Gasteiger partial charge in [-0.2, -0.15) is 5.10 Å². The smallest absolute Gasteiger partial charge is 0.167 e. The number of hydrogen-bond acceptors (Lipinski definition) is 5. The van der Waals surface area contributed by atoms with E-state index in [1.165, 1.54) is 0 Å². The Balaban J connectivity index is 1.87. The minimum absolute atomic E-state index is 0.0367. The monoisotopic (exact) mass is 302 g/mol. The number of nitrogens with zero attached hydrogens (tertiary/aromatic N) is 4. The average Bonchev–Trinajstić information content (AvgIpc) is 2.90. The molecule has 7 nitrogen and oxygen atoms in total. The topological polar surface area (TPSA) is 92.5 Å². The van der Waals surface area contributed by atoms with Gasteiger partial charge in [-0.3, -0.25) is 10.3 Å². The zero-order valence-corrected chi connectivity index (χ0v) is 13.1. The molecule has 2 aromatic heterocycles. The number of fused-ring (bicyclic) bond motifs is 1. The third-order valence-corrected chi connectivity index (χ3v) is 4.05. The zero-order valence-electron chi connectivity index (χ0n) is 13.1. The summed E-state index contributed by atoms with van der Waals surface area (Å²) >= 11 is 0. The lowest BCUT2D eigenvalue weighted by molar-refractivity contribution is 0.0382. The molecule has 0 spiro atoms. The first-order valence-electron chi connectivity index (χ1n) is 7.56. The van der Waals surface area contributed by atoms with Crippen molar-refractivity contribution in [3.8, 4) is 0 Å². The fourth-order valence-electron chi connectivity index (χ4n) is 2.91. The fourth-order valence-corrected chi connectivity index (χ4v) is 2.91. The van der Waals surface area contributed by atoms with Gasteiger partial charge in [-0.1, -0.05) is 0 Å². The predicted molar refractivity (Wildman–Crippen MR) is 84.4 cm³/mol. The van der Waals surface area contributed by atoms with Gasteiger partial charge in [-0.05, 0) is 25.5 Å². The summed E-state index contributed by atoms with van der Waals surface area (Å²) in [6.07, 6.45) is 0.789. The van der Waals surface area contributed by atoms with Crippen molar-refractivity contribution in [2.75, 3.05) is 32.8 Å². The summed E-state index contributed by atoms with van der Waals surface area (Å²) in [5, 5.41) is 12.4. The van der Waals surface area contributed by atoms with Crippen LogP contribution in [0.15, 0.2) is 6.07 Å². The highest BCUT2D eigenvalue weighted by atomic mass is 16.5. The fraction of sp³-hybridized carbons (Fsp3) is 0.533. The molecule has 1 aliphatic rings. The van der Waals surface area contributed by atoms with Gasteiger partial charge in [0.1, 0.15) is 5.84 Å². The van der Waals surface area contributed by atoms with Gasteiger partial charge in [-0.15, -0.1) is 0 Å². The third-order valence-electron chi connectivity index (χ3n) is 4.05. The molecule has 0 aliphatic carbocycles. The van der Waals surface area contributed by atoms with E-state index in [4.69, 9.17) is 15.9 Å². The maximum absolute atomic E-state index is 7.77. The van der Waals surface area contributed by atoms with Crippen molar-refractivity contribution < 1.29 is 4.74 Å². The van der Waals surface area contributed by atoms with Crippen LogP contribution in [0.25, 0.3) is 5.65 Å². The minimum atomic E-state index is 0.0367. The van der Waals surface area contributed by atoms with E-state index < -0.39 is 0 Å². The van der Waals surface area contributed by atoms with E-state index in [-0.39, 0.29) is 5.84 Å². The maximum atomic E-state index is 7.77. The second-order valence-corrected chi connectivity index (χ2v) is 5.72. The Labute approximate surface area is 129 Å². The first-order chi connectivity index (χ1) is 10.6. The second kappa shape index (κ2) is 6.02. The molecule has 3 heterocycles. The van der Waals surface area contributed by atoms with Crippen LogP contribution in [-0.2, 0) is 11.2 Å². The molecular formula is C15H22N6O. The van der Waals surface area contributed by atoms with Crippen LogP contribution in [0, 0.1) is 19.3 Å². The molecule has 118 valence electrons. The second-order valence-electron chi connectivity index (χ2n) is 5.72. The minimum Gasteiger partial charge on any atom is -0.384 e. The zero-order chi connectivity index (χ0) is 15.7. The Hall–Kier alpha value is -1.99. The molecule has 0 unspecified atom stereocenters. The van der Waals surface area contributed by atoms with Gasteiger partial charge in [0.15, 0.2) is 11.5 Å². The van der Waals surface area contributed by atoms with E-state index in [1.807, 2.05) is 19.9 Å². The summed E-state index contributed by atoms with van der Waals surface area (Å²) < 4.78 is 7.15. The van der Waals surface area contributed by atoms with Gasteiger partial charge in [-0.25, -0.2) is 9.50 Å². The number of amidine groups is 1. The van der Waals surface area contributed by atoms with Crippen LogP contribution in [-0.4, -0.2) is 58.2 Å². The van der Waals surface area contributed by atoms with Crippen molar-refractivity contribution in [1.29, 1.82) is 5.41 Å². The van der Waals surface area contributed by atoms with E-state index in [0.717, 1.165) is 56.4 Å². The Morgan fingerprint density at radius 2 is 2.09 bits per heavy atom. The molecule has 3 rings (SSSR count). The van der Waals surface area contributed by atoms with Crippen LogP contribution in [0.2, 0.25) is 0 Å². The van der Waals surface area contributed by atoms with E-state index in [9.17, 15) is 0 Å². The number of pyridine rings is 1. The van der Waals surface area contributed by atoms with Crippen molar-refractivity contribution in [3.63, 3.8) is 0 Å². The Bertz CT molecular complexity index is 702. The average molecular weight is 302 g/mol. The third kappa shape index (κ3) is 2.82. The number of nitrogen functional groups attached to an aromatic ring is 1. The molecule has 0 saturated carbocycles. The van der Waals surface area contributed by atoms with E-state index in [1.54, 1.807) is 4.52 Å². The molecule has 0 radical (unpaired) electrons. The highest BCUT2D eigenvalue weighted by Gasteiger charge is 2.16. The van der Waals surface area contributed by atoms with Gasteiger partial charge >= 0.3 is 0 Å². The molecule has 1 fully saturated rings. The van der Waals surface area contributed by atoms with Crippen molar-refractivity contribution in [1.82, 2.24) is 19.5 Å². The highest BCUT2D eigenvalue weighted by molar-refractivity contribution is 6.01. The molecule has 3 N–H and O–H groups in total. The van der Waals surface area contributed by atoms with Crippen LogP contribution < -0.4 is 5.73 Å². The van der Waals surface area contributed by atoms with E-state index >= 15 is 0 Å². The quantitative estimate of drug-likeness (QED) is 0.634. The summed E-state index contributed by atoms with van der Waals surface area (Å²) in [5.74, 6) is 0.831. The number of morpholine rings is 1. The van der Waals surface area contributed by atoms with Crippen molar-refractivity contribution in [2.45, 2.75) is 20.3 Å². The van der Waals surface area contributed by atoms with Gasteiger partial charge < -0.3 is 10.5 Å². The van der Waals surface area contributed by atoms with Gasteiger partial charge in [0, 0.05) is 31.7 Å². The first-order valence-corrected chi connectivity index (χ1v) is 7.56. The van der Waals surface area contributed by atoms with Crippen LogP contribution in [0.4, 0.5) is 0 Å². The Morgan fingerprint density at radius 1 is 1.36 bits per heavy atom. The number of aryl methyl sites for hydroxylation is 2. The molecule has 1 saturated heterocycles. The number of ether oxygens (including phenoxy) is 1. The standard InChI is InChI=1S/C15H22N6O/c1-10-9-11(2)21-15(13(10)14(16)17)18-12(19-21)3-4-20-5-7-22-8-6-20/h9H,3-8H2,1-2H3,(H3,16,17). The summed E-state index contributed by atoms with van der Waals surface area (Å²) in [7, 11) is 0. The van der Waals surface area contributed by atoms with Crippen LogP contribution in [0.1, 0.15) is 22.6 Å². The molecule has 0 atom stereocenters. The van der Waals surface area contributed by atoms with Crippen LogP contribution >= 0.6 is 0 Å². The van der Waals surface area contributed by atoms with Crippen molar-refractivity contribution >= 4 is 11.5 Å². The van der Waals surface area contributed by atoms with Gasteiger partial charge in [0.2, 0.25) is 0 Å². The van der Waals surface area contributed by atoms with Gasteiger partial charge in [0.25, 0.3) is 0 Å². The number of nitrogens with two attached hydrogens (primary N) is 1. The summed E-state index contributed by atoms with van der Waals surface area (Å²) in [6.45, 7) is 8.38. The van der Waals surface area contributed by atoms with E-state index in [2.05, 4.69) is 15.0 Å². The Morgan fingerprint density at radius 3 is 2.77 bits per heavy atom. The molecule has 22 heavy (non-hydrogen) atoms. The molecule has 0 aromatic carbocycles. The summed E-state index contributed by atoms with van der Waals surface area (Å²) in [5.41, 5.74) is 9.03. The van der Waals surface area contributed by atoms with Crippen molar-refractivity contribution in [3.05, 3.63) is 28.7 Å². The number of rotatable bonds is 4.